The highest BCUT2D eigenvalue weighted by atomic mass is 32.2. The Bertz CT molecular complexity index is 1620. The Morgan fingerprint density at radius 3 is 2.74 bits per heavy atom. The number of urea groups is 1. The number of nitrogens with zero attached hydrogens (tertiary/aromatic N) is 5. The van der Waals surface area contributed by atoms with Crippen molar-refractivity contribution in [1.29, 1.82) is 0 Å². The minimum absolute atomic E-state index is 0.0176. The first-order valence-corrected chi connectivity index (χ1v) is 17.6. The minimum Gasteiger partial charge on any atom is -0.341 e. The number of benzene rings is 1. The summed E-state index contributed by atoms with van der Waals surface area (Å²) in [5.74, 6) is 0.455. The molecular formula is C30H36FN7O3S2. The first kappa shape index (κ1) is 27.7. The maximum Gasteiger partial charge on any atom is 0.320 e. The number of thiazole rings is 1. The molecular weight excluding hydrogens is 590 g/mol. The maximum atomic E-state index is 14.5. The lowest BCUT2D eigenvalue weighted by Crippen LogP contribution is -2.77. The Labute approximate surface area is 255 Å². The van der Waals surface area contributed by atoms with Crippen LogP contribution in [-0.2, 0) is 10.0 Å². The summed E-state index contributed by atoms with van der Waals surface area (Å²) in [6.45, 7) is 5.89. The lowest BCUT2D eigenvalue weighted by Gasteiger charge is -2.73. The molecule has 9 rings (SSSR count). The Balaban J connectivity index is 0.927. The van der Waals surface area contributed by atoms with Gasteiger partial charge in [-0.3, -0.25) is 9.89 Å². The summed E-state index contributed by atoms with van der Waals surface area (Å²) in [6, 6.07) is 5.07. The van der Waals surface area contributed by atoms with Crippen LogP contribution in [-0.4, -0.2) is 96.1 Å². The quantitative estimate of drug-likeness (QED) is 0.444. The maximum absolute atomic E-state index is 14.5. The number of amides is 2. The predicted molar refractivity (Wildman–Crippen MR) is 162 cm³/mol. The van der Waals surface area contributed by atoms with Crippen molar-refractivity contribution in [1.82, 2.24) is 29.7 Å². The van der Waals surface area contributed by atoms with Crippen LogP contribution in [0.1, 0.15) is 54.3 Å². The standard InChI is InChI=1S/C30H36FN7O3S2/c1-19-23(3-2-4-24(19)31)25-11-20(34-26(35-25)27-32-7-10-42-27)12-36-8-9-37-21(13-36)14-38(28(37)39)30-15-29(16-30,17-30)18-33-43(40,41)22-5-6-22/h2-4,7,10-11,21-22,25,33H,5-6,8-9,12-18H2,1H3,(H,34,35)/t21-,25-,29?,30?/m0/s1. The van der Waals surface area contributed by atoms with Gasteiger partial charge in [-0.05, 0) is 67.7 Å². The second-order valence-electron chi connectivity index (χ2n) is 13.3. The molecule has 2 aromatic rings. The van der Waals surface area contributed by atoms with Crippen LogP contribution < -0.4 is 10.0 Å². The van der Waals surface area contributed by atoms with Gasteiger partial charge in [-0.25, -0.2) is 27.3 Å². The molecule has 0 spiro atoms. The van der Waals surface area contributed by atoms with Crippen molar-refractivity contribution in [2.45, 2.75) is 61.9 Å². The summed E-state index contributed by atoms with van der Waals surface area (Å²) < 4.78 is 41.9. The number of sulfonamides is 1. The van der Waals surface area contributed by atoms with Gasteiger partial charge in [0.1, 0.15) is 5.82 Å². The van der Waals surface area contributed by atoms with Crippen molar-refractivity contribution in [3.8, 4) is 0 Å². The molecule has 1 aromatic heterocycles. The number of halogens is 1. The second-order valence-corrected chi connectivity index (χ2v) is 16.3. The van der Waals surface area contributed by atoms with Crippen LogP contribution in [0.25, 0.3) is 0 Å². The lowest BCUT2D eigenvalue weighted by molar-refractivity contribution is -0.194. The largest absolute Gasteiger partial charge is 0.341 e. The molecule has 2 saturated heterocycles. The lowest BCUT2D eigenvalue weighted by atomic mass is 9.39. The molecule has 4 heterocycles. The molecule has 4 saturated carbocycles. The van der Waals surface area contributed by atoms with E-state index in [4.69, 9.17) is 4.99 Å². The first-order chi connectivity index (χ1) is 20.6. The molecule has 2 amide bonds. The molecule has 1 aromatic carbocycles. The molecule has 43 heavy (non-hydrogen) atoms. The van der Waals surface area contributed by atoms with Crippen LogP contribution in [0.2, 0.25) is 0 Å². The third kappa shape index (κ3) is 4.70. The molecule has 2 bridgehead atoms. The zero-order chi connectivity index (χ0) is 29.6. The van der Waals surface area contributed by atoms with E-state index in [0.29, 0.717) is 37.6 Å². The van der Waals surface area contributed by atoms with E-state index in [1.807, 2.05) is 16.3 Å². The molecule has 2 atom stereocenters. The molecule has 3 aliphatic heterocycles. The zero-order valence-corrected chi connectivity index (χ0v) is 25.8. The number of amidine groups is 1. The summed E-state index contributed by atoms with van der Waals surface area (Å²) in [7, 11) is -3.18. The van der Waals surface area contributed by atoms with Crippen molar-refractivity contribution in [3.63, 3.8) is 0 Å². The van der Waals surface area contributed by atoms with E-state index in [9.17, 15) is 17.6 Å². The smallest absolute Gasteiger partial charge is 0.320 e. The van der Waals surface area contributed by atoms with Crippen molar-refractivity contribution >= 4 is 33.2 Å². The third-order valence-corrected chi connectivity index (χ3v) is 13.0. The van der Waals surface area contributed by atoms with Crippen molar-refractivity contribution < 1.29 is 17.6 Å². The molecule has 6 fully saturated rings. The van der Waals surface area contributed by atoms with Crippen LogP contribution in [0, 0.1) is 18.2 Å². The summed E-state index contributed by atoms with van der Waals surface area (Å²) in [5, 5.41) is 6.00. The molecule has 0 unspecified atom stereocenters. The van der Waals surface area contributed by atoms with E-state index in [-0.39, 0.29) is 40.1 Å². The van der Waals surface area contributed by atoms with Crippen molar-refractivity contribution in [2.75, 3.05) is 39.3 Å². The van der Waals surface area contributed by atoms with Crippen molar-refractivity contribution in [2.24, 2.45) is 10.4 Å². The average molecular weight is 626 g/mol. The van der Waals surface area contributed by atoms with E-state index in [1.165, 1.54) is 17.4 Å². The molecule has 0 radical (unpaired) electrons. The number of nitrogens with one attached hydrogen (secondary N) is 2. The number of carbonyl (C=O) groups is 1. The summed E-state index contributed by atoms with van der Waals surface area (Å²) in [4.78, 5) is 29.4. The number of rotatable bonds is 9. The molecule has 4 aliphatic carbocycles. The predicted octanol–water partition coefficient (Wildman–Crippen LogP) is 2.99. The van der Waals surface area contributed by atoms with Gasteiger partial charge in [-0.15, -0.1) is 11.3 Å². The van der Waals surface area contributed by atoms with Crippen LogP contribution in [0.15, 0.2) is 46.5 Å². The Morgan fingerprint density at radius 1 is 1.19 bits per heavy atom. The van der Waals surface area contributed by atoms with Gasteiger partial charge in [0.15, 0.2) is 10.8 Å². The molecule has 10 nitrogen and oxygen atoms in total. The fourth-order valence-electron chi connectivity index (χ4n) is 7.95. The number of aliphatic imine (C=N–C) groups is 1. The summed E-state index contributed by atoms with van der Waals surface area (Å²) in [5.41, 5.74) is 2.35. The van der Waals surface area contributed by atoms with Crippen LogP contribution >= 0.6 is 11.3 Å². The second kappa shape index (κ2) is 9.82. The Hall–Kier alpha value is -2.87. The minimum atomic E-state index is -3.18. The monoisotopic (exact) mass is 625 g/mol. The number of fused-ring (bicyclic) bond motifs is 1. The van der Waals surface area contributed by atoms with Crippen LogP contribution in [0.4, 0.5) is 9.18 Å². The van der Waals surface area contributed by atoms with Gasteiger partial charge >= 0.3 is 6.03 Å². The zero-order valence-electron chi connectivity index (χ0n) is 24.1. The summed E-state index contributed by atoms with van der Waals surface area (Å²) >= 11 is 1.51. The fraction of sp³-hybridized carbons (Fsp3) is 0.567. The number of piperazine rings is 1. The molecule has 228 valence electrons. The van der Waals surface area contributed by atoms with E-state index in [0.717, 1.165) is 61.5 Å². The number of hydrogen-bond acceptors (Lipinski definition) is 8. The SMILES string of the molecule is Cc1c(F)cccc1[C@@H]1C=C(CN2CCN3C(=O)N(C45CC(CNS(=O)(=O)C6CC6)(C4)C5)C[C@@H]3C2)NC(c2nccs2)=N1. The van der Waals surface area contributed by atoms with Gasteiger partial charge < -0.3 is 15.1 Å². The normalized spacial score (nSPS) is 32.0. The average Bonchev–Trinajstić information content (AvgIpc) is 3.58. The van der Waals surface area contributed by atoms with E-state index >= 15 is 0 Å². The van der Waals surface area contributed by atoms with E-state index < -0.39 is 10.0 Å². The van der Waals surface area contributed by atoms with Crippen molar-refractivity contribution in [3.05, 3.63) is 63.5 Å². The van der Waals surface area contributed by atoms with E-state index in [1.54, 1.807) is 19.2 Å². The van der Waals surface area contributed by atoms with Gasteiger partial charge in [0.05, 0.1) is 17.3 Å². The number of aromatic nitrogens is 1. The number of hydrogen-bond donors (Lipinski definition) is 2. The Morgan fingerprint density at radius 2 is 2.00 bits per heavy atom. The molecule has 13 heteroatoms. The van der Waals surface area contributed by atoms with Crippen LogP contribution in [0.5, 0.6) is 0 Å². The van der Waals surface area contributed by atoms with E-state index in [2.05, 4.69) is 30.9 Å². The third-order valence-electron chi connectivity index (χ3n) is 10.3. The highest BCUT2D eigenvalue weighted by molar-refractivity contribution is 7.90. The fourth-order valence-corrected chi connectivity index (χ4v) is 10.0. The van der Waals surface area contributed by atoms with Gasteiger partial charge in [-0.2, -0.15) is 0 Å². The highest BCUT2D eigenvalue weighted by Crippen LogP contribution is 2.70. The topological polar surface area (TPSA) is 110 Å². The van der Waals surface area contributed by atoms with Gasteiger partial charge in [0.25, 0.3) is 0 Å². The number of carbonyl (C=O) groups excluding carboxylic acids is 1. The van der Waals surface area contributed by atoms with Gasteiger partial charge in [-0.1, -0.05) is 12.1 Å². The highest BCUT2D eigenvalue weighted by Gasteiger charge is 2.72. The molecule has 7 aliphatic rings. The Kier molecular flexibility index (Phi) is 6.31. The van der Waals surface area contributed by atoms with Gasteiger partial charge in [0, 0.05) is 62.1 Å². The first-order valence-electron chi connectivity index (χ1n) is 15.1. The molecule has 2 N–H and O–H groups in total. The van der Waals surface area contributed by atoms with Crippen LogP contribution in [0.3, 0.4) is 0 Å². The summed E-state index contributed by atoms with van der Waals surface area (Å²) in [6.07, 6.45) is 8.04. The van der Waals surface area contributed by atoms with Gasteiger partial charge in [0.2, 0.25) is 10.0 Å².